The molecule has 0 saturated carbocycles. The van der Waals surface area contributed by atoms with E-state index in [4.69, 9.17) is 24.2 Å². The summed E-state index contributed by atoms with van der Waals surface area (Å²) in [5.74, 6) is 1.48. The van der Waals surface area contributed by atoms with Crippen molar-refractivity contribution in [3.05, 3.63) is 23.5 Å². The van der Waals surface area contributed by atoms with Gasteiger partial charge in [0.25, 0.3) is 0 Å². The van der Waals surface area contributed by atoms with Crippen LogP contribution in [-0.2, 0) is 22.4 Å². The van der Waals surface area contributed by atoms with Gasteiger partial charge in [0.15, 0.2) is 10.8 Å². The third-order valence-corrected chi connectivity index (χ3v) is 6.71. The number of anilines is 1. The third kappa shape index (κ3) is 3.70. The molecule has 5 rings (SSSR count). The summed E-state index contributed by atoms with van der Waals surface area (Å²) in [5.41, 5.74) is 3.91. The van der Waals surface area contributed by atoms with Crippen LogP contribution in [0.1, 0.15) is 18.3 Å². The summed E-state index contributed by atoms with van der Waals surface area (Å²) in [7, 11) is 1.66. The fourth-order valence-electron chi connectivity index (χ4n) is 4.05. The maximum atomic E-state index is 12.1. The fraction of sp³-hybridized carbons (Fsp3) is 0.476. The summed E-state index contributed by atoms with van der Waals surface area (Å²) in [6.07, 6.45) is 0.423. The smallest absolute Gasteiger partial charge is 0.410 e. The van der Waals surface area contributed by atoms with Gasteiger partial charge in [-0.1, -0.05) is 0 Å². The van der Waals surface area contributed by atoms with Crippen molar-refractivity contribution >= 4 is 33.3 Å². The summed E-state index contributed by atoms with van der Waals surface area (Å²) in [6.45, 7) is 6.39. The number of H-pyrrole nitrogens is 1. The van der Waals surface area contributed by atoms with E-state index < -0.39 is 0 Å². The zero-order valence-corrected chi connectivity index (χ0v) is 18.5. The average molecular weight is 444 g/mol. The van der Waals surface area contributed by atoms with Gasteiger partial charge in [-0.25, -0.2) is 14.8 Å². The van der Waals surface area contributed by atoms with Gasteiger partial charge in [0, 0.05) is 31.7 Å². The number of benzene rings is 1. The maximum absolute atomic E-state index is 12.1. The third-order valence-electron chi connectivity index (χ3n) is 5.62. The lowest BCUT2D eigenvalue weighted by Crippen LogP contribution is -2.36. The van der Waals surface area contributed by atoms with Crippen LogP contribution in [0.25, 0.3) is 21.0 Å². The monoisotopic (exact) mass is 443 g/mol. The van der Waals surface area contributed by atoms with Crippen molar-refractivity contribution in [1.82, 2.24) is 19.9 Å². The molecule has 2 aliphatic rings. The number of imidazole rings is 1. The molecule has 0 atom stereocenters. The van der Waals surface area contributed by atoms with Gasteiger partial charge in [0.2, 0.25) is 0 Å². The standard InChI is InChI=1S/C21H25N5O4S/c1-3-30-21(27)26-7-6-13-14(12-26)23-19(22-13)20-24-17-16(28-2)5-4-15(18(17)31-20)25-8-10-29-11-9-25/h4-5H,3,6-12H2,1-2H3,(H,22,23). The van der Waals surface area contributed by atoms with Crippen molar-refractivity contribution in [2.75, 3.05) is 51.5 Å². The Hall–Kier alpha value is -2.85. The lowest BCUT2D eigenvalue weighted by molar-refractivity contribution is 0.102. The highest BCUT2D eigenvalue weighted by molar-refractivity contribution is 7.22. The molecule has 1 aromatic carbocycles. The summed E-state index contributed by atoms with van der Waals surface area (Å²) in [4.78, 5) is 29.2. The molecule has 1 saturated heterocycles. The first-order valence-electron chi connectivity index (χ1n) is 10.5. The number of carbonyl (C=O) groups is 1. The number of hydrogen-bond acceptors (Lipinski definition) is 8. The molecule has 3 aromatic rings. The molecule has 164 valence electrons. The van der Waals surface area contributed by atoms with Crippen LogP contribution in [0.5, 0.6) is 5.75 Å². The van der Waals surface area contributed by atoms with Crippen LogP contribution in [0.4, 0.5) is 10.5 Å². The van der Waals surface area contributed by atoms with Crippen molar-refractivity contribution in [2.45, 2.75) is 19.9 Å². The number of methoxy groups -OCH3 is 1. The van der Waals surface area contributed by atoms with E-state index in [-0.39, 0.29) is 6.09 Å². The Kier molecular flexibility index (Phi) is 5.41. The van der Waals surface area contributed by atoms with Crippen LogP contribution in [0, 0.1) is 0 Å². The maximum Gasteiger partial charge on any atom is 0.410 e. The SMILES string of the molecule is CCOC(=O)N1CCc2[nH]c(-c3nc4c(OC)ccc(N5CCOCC5)c4s3)nc2C1. The Morgan fingerprint density at radius 3 is 2.87 bits per heavy atom. The van der Waals surface area contributed by atoms with Crippen molar-refractivity contribution < 1.29 is 19.0 Å². The number of nitrogens with zero attached hydrogens (tertiary/aromatic N) is 4. The molecule has 1 N–H and O–H groups in total. The molecular formula is C21H25N5O4S. The molecule has 1 amide bonds. The van der Waals surface area contributed by atoms with E-state index in [2.05, 4.69) is 16.0 Å². The van der Waals surface area contributed by atoms with Gasteiger partial charge in [-0.3, -0.25) is 0 Å². The summed E-state index contributed by atoms with van der Waals surface area (Å²) in [6, 6.07) is 4.07. The number of ether oxygens (including phenoxy) is 3. The second kappa shape index (κ2) is 8.35. The number of fused-ring (bicyclic) bond motifs is 2. The molecule has 4 heterocycles. The molecule has 9 nitrogen and oxygen atoms in total. The van der Waals surface area contributed by atoms with E-state index in [0.29, 0.717) is 26.1 Å². The molecule has 10 heteroatoms. The predicted molar refractivity (Wildman–Crippen MR) is 118 cm³/mol. The molecule has 0 unspecified atom stereocenters. The number of aromatic amines is 1. The van der Waals surface area contributed by atoms with Gasteiger partial charge >= 0.3 is 6.09 Å². The summed E-state index contributed by atoms with van der Waals surface area (Å²) >= 11 is 1.61. The topological polar surface area (TPSA) is 92.8 Å². The molecule has 2 aliphatic heterocycles. The molecule has 0 aliphatic carbocycles. The normalized spacial score (nSPS) is 16.5. The van der Waals surface area contributed by atoms with Gasteiger partial charge in [-0.15, -0.1) is 11.3 Å². The van der Waals surface area contributed by atoms with Crippen molar-refractivity contribution in [3.8, 4) is 16.6 Å². The van der Waals surface area contributed by atoms with E-state index in [1.807, 2.05) is 13.0 Å². The Balaban J connectivity index is 1.49. The van der Waals surface area contributed by atoms with E-state index in [1.165, 1.54) is 0 Å². The Morgan fingerprint density at radius 2 is 2.10 bits per heavy atom. The number of nitrogens with one attached hydrogen (secondary N) is 1. The number of aromatic nitrogens is 3. The lowest BCUT2D eigenvalue weighted by Gasteiger charge is -2.29. The second-order valence-corrected chi connectivity index (χ2v) is 8.46. The molecule has 0 bridgehead atoms. The quantitative estimate of drug-likeness (QED) is 0.662. The highest BCUT2D eigenvalue weighted by atomic mass is 32.1. The van der Waals surface area contributed by atoms with Crippen LogP contribution >= 0.6 is 11.3 Å². The number of thiazole rings is 1. The van der Waals surface area contributed by atoms with Crippen LogP contribution in [-0.4, -0.2) is 72.5 Å². The first kappa shape index (κ1) is 20.1. The largest absolute Gasteiger partial charge is 0.494 e. The second-order valence-electron chi connectivity index (χ2n) is 7.46. The molecule has 2 aromatic heterocycles. The van der Waals surface area contributed by atoms with E-state index >= 15 is 0 Å². The van der Waals surface area contributed by atoms with Gasteiger partial charge < -0.3 is 29.0 Å². The zero-order valence-electron chi connectivity index (χ0n) is 17.6. The molecule has 0 spiro atoms. The van der Waals surface area contributed by atoms with Crippen molar-refractivity contribution in [2.24, 2.45) is 0 Å². The van der Waals surface area contributed by atoms with Crippen LogP contribution in [0.3, 0.4) is 0 Å². The number of hydrogen-bond donors (Lipinski definition) is 1. The van der Waals surface area contributed by atoms with Crippen molar-refractivity contribution in [1.29, 1.82) is 0 Å². The highest BCUT2D eigenvalue weighted by Crippen LogP contribution is 2.40. The average Bonchev–Trinajstić information content (AvgIpc) is 3.43. The Bertz CT molecular complexity index is 1100. The number of carbonyl (C=O) groups excluding carboxylic acids is 1. The van der Waals surface area contributed by atoms with Crippen molar-refractivity contribution in [3.63, 3.8) is 0 Å². The lowest BCUT2D eigenvalue weighted by atomic mass is 10.1. The van der Waals surface area contributed by atoms with E-state index in [0.717, 1.165) is 70.2 Å². The molecule has 31 heavy (non-hydrogen) atoms. The Morgan fingerprint density at radius 1 is 1.26 bits per heavy atom. The molecule has 1 fully saturated rings. The van der Waals surface area contributed by atoms with Gasteiger partial charge in [0.05, 0.1) is 49.6 Å². The molecule has 0 radical (unpaired) electrons. The predicted octanol–water partition coefficient (Wildman–Crippen LogP) is 3.05. The van der Waals surface area contributed by atoms with Gasteiger partial charge in [-0.05, 0) is 19.1 Å². The van der Waals surface area contributed by atoms with Crippen LogP contribution in [0.2, 0.25) is 0 Å². The van der Waals surface area contributed by atoms with Gasteiger partial charge in [-0.2, -0.15) is 0 Å². The van der Waals surface area contributed by atoms with Crippen LogP contribution in [0.15, 0.2) is 12.1 Å². The van der Waals surface area contributed by atoms with Crippen LogP contribution < -0.4 is 9.64 Å². The number of morpholine rings is 1. The summed E-state index contributed by atoms with van der Waals surface area (Å²) < 4.78 is 17.3. The van der Waals surface area contributed by atoms with Gasteiger partial charge in [0.1, 0.15) is 11.3 Å². The zero-order chi connectivity index (χ0) is 21.4. The minimum atomic E-state index is -0.294. The summed E-state index contributed by atoms with van der Waals surface area (Å²) in [5, 5.41) is 0.811. The van der Waals surface area contributed by atoms with E-state index in [9.17, 15) is 4.79 Å². The first-order valence-corrected chi connectivity index (χ1v) is 11.3. The number of amides is 1. The minimum absolute atomic E-state index is 0.294. The minimum Gasteiger partial charge on any atom is -0.494 e. The number of rotatable bonds is 4. The highest BCUT2D eigenvalue weighted by Gasteiger charge is 2.26. The Labute approximate surface area is 183 Å². The molecular weight excluding hydrogens is 418 g/mol. The van der Waals surface area contributed by atoms with E-state index in [1.54, 1.807) is 23.3 Å². The first-order chi connectivity index (χ1) is 15.2. The fourth-order valence-corrected chi connectivity index (χ4v) is 5.12.